The molecule has 10 heavy (non-hydrogen) atoms. The van der Waals surface area contributed by atoms with E-state index >= 15 is 0 Å². The van der Waals surface area contributed by atoms with Gasteiger partial charge in [-0.1, -0.05) is 17.8 Å². The van der Waals surface area contributed by atoms with Crippen LogP contribution in [0.2, 0.25) is 0 Å². The first-order valence-corrected chi connectivity index (χ1v) is 3.92. The second-order valence-corrected chi connectivity index (χ2v) is 2.84. The van der Waals surface area contributed by atoms with Crippen LogP contribution in [0.25, 0.3) is 0 Å². The first-order valence-electron chi connectivity index (χ1n) is 2.93. The van der Waals surface area contributed by atoms with E-state index in [1.54, 1.807) is 24.3 Å². The van der Waals surface area contributed by atoms with Crippen molar-refractivity contribution in [2.24, 2.45) is 15.0 Å². The summed E-state index contributed by atoms with van der Waals surface area (Å²) in [5.74, 6) is 1.69. The van der Waals surface area contributed by atoms with Gasteiger partial charge in [-0.3, -0.25) is 0 Å². The highest BCUT2D eigenvalue weighted by Crippen LogP contribution is 2.13. The Bertz CT molecular complexity index is 262. The minimum atomic E-state index is 0.749. The van der Waals surface area contributed by atoms with Gasteiger partial charge in [-0.15, -0.1) is 0 Å². The van der Waals surface area contributed by atoms with Gasteiger partial charge in [0.2, 0.25) is 0 Å². The number of nitrogens with zero attached hydrogens (tertiary/aromatic N) is 3. The molecule has 0 aliphatic carbocycles. The third kappa shape index (κ3) is 0.903. The molecule has 0 bridgehead atoms. The molecule has 0 unspecified atom stereocenters. The SMILES string of the molecule is C1=CN=C2N=CN=C2SC1. The summed E-state index contributed by atoms with van der Waals surface area (Å²) < 4.78 is 0. The zero-order valence-electron chi connectivity index (χ0n) is 5.19. The molecule has 3 nitrogen and oxygen atoms in total. The highest BCUT2D eigenvalue weighted by Gasteiger charge is 2.12. The van der Waals surface area contributed by atoms with Crippen LogP contribution in [0.5, 0.6) is 0 Å². The van der Waals surface area contributed by atoms with Crippen LogP contribution in [0.4, 0.5) is 0 Å². The Labute approximate surface area is 62.7 Å². The van der Waals surface area contributed by atoms with Crippen LogP contribution in [0.1, 0.15) is 0 Å². The van der Waals surface area contributed by atoms with Crippen LogP contribution in [0.15, 0.2) is 27.3 Å². The lowest BCUT2D eigenvalue weighted by molar-refractivity contribution is 1.52. The van der Waals surface area contributed by atoms with Crippen LogP contribution in [-0.2, 0) is 0 Å². The molecule has 0 amide bonds. The summed E-state index contributed by atoms with van der Waals surface area (Å²) in [6, 6.07) is 0. The monoisotopic (exact) mass is 151 g/mol. The van der Waals surface area contributed by atoms with Crippen molar-refractivity contribution in [1.82, 2.24) is 0 Å². The van der Waals surface area contributed by atoms with Gasteiger partial charge in [-0.25, -0.2) is 15.0 Å². The third-order valence-corrected chi connectivity index (χ3v) is 2.09. The van der Waals surface area contributed by atoms with Crippen molar-refractivity contribution in [3.05, 3.63) is 12.3 Å². The van der Waals surface area contributed by atoms with E-state index in [0.717, 1.165) is 16.6 Å². The fourth-order valence-electron chi connectivity index (χ4n) is 0.733. The molecule has 0 aromatic rings. The van der Waals surface area contributed by atoms with Gasteiger partial charge >= 0.3 is 0 Å². The first kappa shape index (κ1) is 5.85. The lowest BCUT2D eigenvalue weighted by Crippen LogP contribution is -2.01. The zero-order valence-corrected chi connectivity index (χ0v) is 6.01. The molecule has 2 aliphatic rings. The van der Waals surface area contributed by atoms with Gasteiger partial charge in [0.1, 0.15) is 11.4 Å². The predicted molar refractivity (Wildman–Crippen MR) is 45.0 cm³/mol. The highest BCUT2D eigenvalue weighted by atomic mass is 32.2. The number of aliphatic imine (C=N–C) groups is 3. The molecular weight excluding hydrogens is 146 g/mol. The fourth-order valence-corrected chi connectivity index (χ4v) is 1.43. The maximum atomic E-state index is 4.07. The minimum absolute atomic E-state index is 0.749. The van der Waals surface area contributed by atoms with Gasteiger partial charge in [0.05, 0.1) is 0 Å². The summed E-state index contributed by atoms with van der Waals surface area (Å²) in [7, 11) is 0. The maximum Gasteiger partial charge on any atom is 0.186 e. The number of thioether (sulfide) groups is 1. The zero-order chi connectivity index (χ0) is 6.81. The predicted octanol–water partition coefficient (Wildman–Crippen LogP) is 1.09. The second kappa shape index (κ2) is 2.38. The lowest BCUT2D eigenvalue weighted by atomic mass is 10.6. The molecule has 0 saturated carbocycles. The number of hydrogen-bond donors (Lipinski definition) is 0. The largest absolute Gasteiger partial charge is 0.235 e. The second-order valence-electron chi connectivity index (χ2n) is 1.83. The molecule has 0 aromatic heterocycles. The number of fused-ring (bicyclic) bond motifs is 1. The quantitative estimate of drug-likeness (QED) is 0.510. The van der Waals surface area contributed by atoms with Crippen molar-refractivity contribution in [1.29, 1.82) is 0 Å². The molecule has 2 heterocycles. The molecule has 0 saturated heterocycles. The van der Waals surface area contributed by atoms with Gasteiger partial charge in [0.15, 0.2) is 5.84 Å². The van der Waals surface area contributed by atoms with E-state index in [9.17, 15) is 0 Å². The van der Waals surface area contributed by atoms with E-state index in [-0.39, 0.29) is 0 Å². The number of hydrogen-bond acceptors (Lipinski definition) is 4. The van der Waals surface area contributed by atoms with Crippen molar-refractivity contribution in [2.75, 3.05) is 5.75 Å². The lowest BCUT2D eigenvalue weighted by Gasteiger charge is -1.91. The maximum absolute atomic E-state index is 4.07. The normalized spacial score (nSPS) is 21.6. The molecule has 0 fully saturated rings. The summed E-state index contributed by atoms with van der Waals surface area (Å²) in [6.07, 6.45) is 5.31. The standard InChI is InChI=1S/C6H5N3S/c1-2-7-5-6(10-3-1)9-4-8-5/h1-2,4H,3H2. The van der Waals surface area contributed by atoms with Crippen molar-refractivity contribution in [2.45, 2.75) is 0 Å². The van der Waals surface area contributed by atoms with Crippen LogP contribution in [-0.4, -0.2) is 23.0 Å². The molecule has 0 aromatic carbocycles. The topological polar surface area (TPSA) is 37.1 Å². The molecule has 4 heteroatoms. The molecule has 0 atom stereocenters. The van der Waals surface area contributed by atoms with Crippen molar-refractivity contribution < 1.29 is 0 Å². The van der Waals surface area contributed by atoms with Crippen molar-refractivity contribution >= 4 is 29.0 Å². The molecule has 0 spiro atoms. The first-order chi connectivity index (χ1) is 4.97. The van der Waals surface area contributed by atoms with Crippen LogP contribution in [0, 0.1) is 0 Å². The Hall–Kier alpha value is -0.900. The van der Waals surface area contributed by atoms with E-state index in [0.29, 0.717) is 0 Å². The average Bonchev–Trinajstić information content (AvgIpc) is 2.28. The minimum Gasteiger partial charge on any atom is -0.235 e. The number of amidine groups is 1. The van der Waals surface area contributed by atoms with E-state index in [1.807, 2.05) is 6.08 Å². The Kier molecular flexibility index (Phi) is 1.39. The van der Waals surface area contributed by atoms with Gasteiger partial charge in [-0.2, -0.15) is 0 Å². The number of rotatable bonds is 0. The summed E-state index contributed by atoms with van der Waals surface area (Å²) in [4.78, 5) is 12.1. The molecule has 50 valence electrons. The van der Waals surface area contributed by atoms with E-state index in [4.69, 9.17) is 0 Å². The molecule has 2 rings (SSSR count). The molecule has 0 radical (unpaired) electrons. The van der Waals surface area contributed by atoms with Crippen LogP contribution >= 0.6 is 11.8 Å². The summed E-state index contributed by atoms with van der Waals surface area (Å²) in [5, 5.41) is 0.935. The average molecular weight is 151 g/mol. The molecule has 2 aliphatic heterocycles. The van der Waals surface area contributed by atoms with Crippen molar-refractivity contribution in [3.8, 4) is 0 Å². The fraction of sp³-hybridized carbons (Fsp3) is 0.167. The van der Waals surface area contributed by atoms with Crippen LogP contribution in [0.3, 0.4) is 0 Å². The highest BCUT2D eigenvalue weighted by molar-refractivity contribution is 8.15. The van der Waals surface area contributed by atoms with Gasteiger partial charge in [0, 0.05) is 12.0 Å². The smallest absolute Gasteiger partial charge is 0.186 e. The Morgan fingerprint density at radius 3 is 3.40 bits per heavy atom. The van der Waals surface area contributed by atoms with Gasteiger partial charge in [-0.05, 0) is 0 Å². The Morgan fingerprint density at radius 1 is 1.40 bits per heavy atom. The van der Waals surface area contributed by atoms with E-state index in [2.05, 4.69) is 15.0 Å². The molecule has 0 N–H and O–H groups in total. The third-order valence-electron chi connectivity index (χ3n) is 1.16. The van der Waals surface area contributed by atoms with Crippen LogP contribution < -0.4 is 0 Å². The Balaban J connectivity index is 2.36. The van der Waals surface area contributed by atoms with E-state index < -0.39 is 0 Å². The van der Waals surface area contributed by atoms with Crippen molar-refractivity contribution in [3.63, 3.8) is 0 Å². The summed E-state index contributed by atoms with van der Waals surface area (Å²) in [5.41, 5.74) is 0. The molecular formula is C6H5N3S. The van der Waals surface area contributed by atoms with Gasteiger partial charge < -0.3 is 0 Å². The van der Waals surface area contributed by atoms with Gasteiger partial charge in [0.25, 0.3) is 0 Å². The van der Waals surface area contributed by atoms with E-state index in [1.165, 1.54) is 0 Å². The summed E-state index contributed by atoms with van der Waals surface area (Å²) in [6.45, 7) is 0. The Morgan fingerprint density at radius 2 is 2.40 bits per heavy atom. The summed E-state index contributed by atoms with van der Waals surface area (Å²) >= 11 is 1.66.